The van der Waals surface area contributed by atoms with Crippen LogP contribution in [-0.2, 0) is 0 Å². The summed E-state index contributed by atoms with van der Waals surface area (Å²) in [7, 11) is 0. The van der Waals surface area contributed by atoms with Crippen molar-refractivity contribution in [1.82, 2.24) is 9.38 Å². The fraction of sp³-hybridized carbons (Fsp3) is 0.346. The molecule has 6 heteroatoms. The highest BCUT2D eigenvalue weighted by molar-refractivity contribution is 6.09. The summed E-state index contributed by atoms with van der Waals surface area (Å²) in [6.07, 6.45) is 9.30. The molecule has 2 aromatic heterocycles. The third-order valence-corrected chi connectivity index (χ3v) is 6.06. The number of pyridine rings is 1. The van der Waals surface area contributed by atoms with Gasteiger partial charge in [0.05, 0.1) is 17.3 Å². The number of aryl methyl sites for hydroxylation is 1. The Hall–Kier alpha value is -3.28. The number of aliphatic imine (C=N–C) groups is 1. The van der Waals surface area contributed by atoms with Gasteiger partial charge in [-0.2, -0.15) is 0 Å². The molecule has 5 nitrogen and oxygen atoms in total. The Balaban J connectivity index is 1.67. The number of nitrogens with zero attached hydrogens (tertiary/aromatic N) is 3. The van der Waals surface area contributed by atoms with Gasteiger partial charge in [0.1, 0.15) is 17.3 Å². The average molecular weight is 433 g/mol. The van der Waals surface area contributed by atoms with Crippen molar-refractivity contribution in [2.24, 2.45) is 10.9 Å². The minimum atomic E-state index is -0.379. The van der Waals surface area contributed by atoms with E-state index < -0.39 is 0 Å². The van der Waals surface area contributed by atoms with Gasteiger partial charge in [0, 0.05) is 12.4 Å². The van der Waals surface area contributed by atoms with Crippen LogP contribution in [-0.4, -0.2) is 21.6 Å². The molecule has 0 bridgehead atoms. The minimum absolute atomic E-state index is 0.191. The van der Waals surface area contributed by atoms with Crippen LogP contribution in [0.15, 0.2) is 52.4 Å². The van der Waals surface area contributed by atoms with Gasteiger partial charge in [-0.25, -0.2) is 9.37 Å². The topological polar surface area (TPSA) is 58.8 Å². The van der Waals surface area contributed by atoms with E-state index in [9.17, 15) is 9.18 Å². The summed E-state index contributed by atoms with van der Waals surface area (Å²) in [6, 6.07) is 9.03. The number of benzene rings is 1. The molecule has 1 atom stereocenters. The van der Waals surface area contributed by atoms with Crippen LogP contribution in [0.5, 0.6) is 0 Å². The molecular weight excluding hydrogens is 403 g/mol. The van der Waals surface area contributed by atoms with Gasteiger partial charge in [-0.3, -0.25) is 14.2 Å². The lowest BCUT2D eigenvalue weighted by atomic mass is 10.1. The number of hydrogen-bond donors (Lipinski definition) is 1. The Bertz CT molecular complexity index is 1270. The lowest BCUT2D eigenvalue weighted by molar-refractivity contribution is 0.582. The molecule has 0 spiro atoms. The first-order valence-corrected chi connectivity index (χ1v) is 11.2. The van der Waals surface area contributed by atoms with Crippen LogP contribution in [0.25, 0.3) is 11.2 Å². The fourth-order valence-electron chi connectivity index (χ4n) is 3.90. The van der Waals surface area contributed by atoms with Crippen molar-refractivity contribution in [1.29, 1.82) is 0 Å². The highest BCUT2D eigenvalue weighted by Gasteiger charge is 2.29. The molecule has 1 N–H and O–H groups in total. The molecule has 0 amide bonds. The Kier molecular flexibility index (Phi) is 6.21. The summed E-state index contributed by atoms with van der Waals surface area (Å²) < 4.78 is 15.8. The lowest BCUT2D eigenvalue weighted by Gasteiger charge is -2.13. The molecule has 0 saturated heterocycles. The van der Waals surface area contributed by atoms with Crippen molar-refractivity contribution in [3.05, 3.63) is 75.5 Å². The van der Waals surface area contributed by atoms with Crippen LogP contribution in [0, 0.1) is 25.6 Å². The second-order valence-electron chi connectivity index (χ2n) is 8.48. The van der Waals surface area contributed by atoms with Gasteiger partial charge < -0.3 is 5.32 Å². The summed E-state index contributed by atoms with van der Waals surface area (Å²) in [4.78, 5) is 22.5. The highest BCUT2D eigenvalue weighted by atomic mass is 19.1. The maximum Gasteiger partial charge on any atom is 0.262 e. The van der Waals surface area contributed by atoms with Crippen molar-refractivity contribution in [3.63, 3.8) is 0 Å². The van der Waals surface area contributed by atoms with Gasteiger partial charge >= 0.3 is 0 Å². The fourth-order valence-corrected chi connectivity index (χ4v) is 3.90. The van der Waals surface area contributed by atoms with Gasteiger partial charge in [-0.05, 0) is 86.9 Å². The number of rotatable bonds is 7. The van der Waals surface area contributed by atoms with Gasteiger partial charge in [0.25, 0.3) is 5.56 Å². The van der Waals surface area contributed by atoms with Gasteiger partial charge in [0.15, 0.2) is 0 Å². The molecule has 166 valence electrons. The SMILES string of the molecule is C/C=C(\C=NC(CC)C1CC1)c1ccc2nc(Nc3ccc(C)cc3F)c(C)c(=O)n2c1. The largest absolute Gasteiger partial charge is 0.337 e. The average Bonchev–Trinajstić information content (AvgIpc) is 3.62. The number of anilines is 2. The molecule has 1 fully saturated rings. The van der Waals surface area contributed by atoms with E-state index in [0.29, 0.717) is 34.7 Å². The summed E-state index contributed by atoms with van der Waals surface area (Å²) in [6.45, 7) is 7.67. The van der Waals surface area contributed by atoms with E-state index in [1.807, 2.05) is 44.3 Å². The smallest absolute Gasteiger partial charge is 0.262 e. The number of allylic oxidation sites excluding steroid dienone is 2. The van der Waals surface area contributed by atoms with E-state index in [-0.39, 0.29) is 11.4 Å². The molecule has 2 heterocycles. The predicted molar refractivity (Wildman–Crippen MR) is 130 cm³/mol. The molecular formula is C26H29FN4O. The van der Waals surface area contributed by atoms with E-state index in [1.54, 1.807) is 19.2 Å². The second-order valence-corrected chi connectivity index (χ2v) is 8.48. The van der Waals surface area contributed by atoms with Crippen LogP contribution in [0.4, 0.5) is 15.9 Å². The maximum absolute atomic E-state index is 14.3. The van der Waals surface area contributed by atoms with Crippen molar-refractivity contribution < 1.29 is 4.39 Å². The predicted octanol–water partition coefficient (Wildman–Crippen LogP) is 5.86. The Morgan fingerprint density at radius 1 is 1.31 bits per heavy atom. The van der Waals surface area contributed by atoms with Crippen molar-refractivity contribution >= 4 is 28.9 Å². The van der Waals surface area contributed by atoms with Crippen LogP contribution >= 0.6 is 0 Å². The number of aromatic nitrogens is 2. The van der Waals surface area contributed by atoms with Gasteiger partial charge in [0.2, 0.25) is 0 Å². The number of halogens is 1. The first-order valence-electron chi connectivity index (χ1n) is 11.2. The minimum Gasteiger partial charge on any atom is -0.337 e. The first-order chi connectivity index (χ1) is 15.4. The zero-order chi connectivity index (χ0) is 22.8. The molecule has 4 rings (SSSR count). The number of nitrogens with one attached hydrogen (secondary N) is 1. The molecule has 0 aliphatic heterocycles. The second kappa shape index (κ2) is 9.07. The highest BCUT2D eigenvalue weighted by Crippen LogP contribution is 2.35. The summed E-state index contributed by atoms with van der Waals surface area (Å²) in [5, 5.41) is 2.97. The molecule has 1 aliphatic carbocycles. The van der Waals surface area contributed by atoms with Crippen LogP contribution in [0.2, 0.25) is 0 Å². The third kappa shape index (κ3) is 4.49. The molecule has 1 unspecified atom stereocenters. The lowest BCUT2D eigenvalue weighted by Crippen LogP contribution is -2.20. The summed E-state index contributed by atoms with van der Waals surface area (Å²) in [5.74, 6) is 0.689. The molecule has 1 aliphatic rings. The van der Waals surface area contributed by atoms with E-state index >= 15 is 0 Å². The van der Waals surface area contributed by atoms with Gasteiger partial charge in [-0.15, -0.1) is 0 Å². The van der Waals surface area contributed by atoms with Crippen molar-refractivity contribution in [3.8, 4) is 0 Å². The van der Waals surface area contributed by atoms with Crippen LogP contribution in [0.3, 0.4) is 0 Å². The summed E-state index contributed by atoms with van der Waals surface area (Å²) in [5.41, 5.74) is 3.73. The number of hydrogen-bond acceptors (Lipinski definition) is 4. The molecule has 32 heavy (non-hydrogen) atoms. The monoisotopic (exact) mass is 432 g/mol. The van der Waals surface area contributed by atoms with Crippen molar-refractivity contribution in [2.75, 3.05) is 5.32 Å². The molecule has 0 radical (unpaired) electrons. The van der Waals surface area contributed by atoms with E-state index in [1.165, 1.54) is 23.3 Å². The van der Waals surface area contributed by atoms with Crippen LogP contribution < -0.4 is 10.9 Å². The Morgan fingerprint density at radius 2 is 2.09 bits per heavy atom. The standard InChI is InChI=1S/C26H29FN4O/c1-5-18(14-28-22(6-2)19-8-9-19)20-10-12-24-30-25(17(4)26(32)31(24)15-20)29-23-11-7-16(3)13-21(23)27/h5,7,10-15,19,22,29H,6,8-9H2,1-4H3/b18-5+,28-14?. The van der Waals surface area contributed by atoms with E-state index in [4.69, 9.17) is 4.99 Å². The maximum atomic E-state index is 14.3. The van der Waals surface area contributed by atoms with Crippen molar-refractivity contribution in [2.45, 2.75) is 53.0 Å². The zero-order valence-electron chi connectivity index (χ0n) is 19.0. The molecule has 1 saturated carbocycles. The van der Waals surface area contributed by atoms with Gasteiger partial charge in [-0.1, -0.05) is 19.1 Å². The van der Waals surface area contributed by atoms with Crippen LogP contribution in [0.1, 0.15) is 49.8 Å². The zero-order valence-corrected chi connectivity index (χ0v) is 19.0. The van der Waals surface area contributed by atoms with E-state index in [2.05, 4.69) is 17.2 Å². The van der Waals surface area contributed by atoms with E-state index in [0.717, 1.165) is 23.1 Å². The Morgan fingerprint density at radius 3 is 2.75 bits per heavy atom. The summed E-state index contributed by atoms with van der Waals surface area (Å²) >= 11 is 0. The molecule has 3 aromatic rings. The first kappa shape index (κ1) is 21.9. The molecule has 1 aromatic carbocycles. The normalized spacial score (nSPS) is 15.5. The Labute approximate surface area is 187 Å². The third-order valence-electron chi connectivity index (χ3n) is 6.06. The quantitative estimate of drug-likeness (QED) is 0.476. The number of fused-ring (bicyclic) bond motifs is 1.